The number of hydrogen-bond donors (Lipinski definition) is 1. The topological polar surface area (TPSA) is 36.2 Å². The van der Waals surface area contributed by atoms with Gasteiger partial charge in [-0.05, 0) is 13.8 Å². The van der Waals surface area contributed by atoms with Gasteiger partial charge in [-0.3, -0.25) is 10.4 Å². The molecular formula is C11H14N2S. The predicted molar refractivity (Wildman–Crippen MR) is 64.6 cm³/mol. The zero-order chi connectivity index (χ0) is 10.6. The quantitative estimate of drug-likeness (QED) is 0.556. The van der Waals surface area contributed by atoms with E-state index < -0.39 is 0 Å². The van der Waals surface area contributed by atoms with Gasteiger partial charge in [0.25, 0.3) is 0 Å². The third-order valence-corrected chi connectivity index (χ3v) is 2.67. The van der Waals surface area contributed by atoms with Gasteiger partial charge in [0.15, 0.2) is 0 Å². The van der Waals surface area contributed by atoms with Crippen molar-refractivity contribution in [2.24, 2.45) is 4.99 Å². The highest BCUT2D eigenvalue weighted by Crippen LogP contribution is 2.15. The molecule has 0 spiro atoms. The van der Waals surface area contributed by atoms with Gasteiger partial charge in [0.05, 0.1) is 5.04 Å². The first-order valence-electron chi connectivity index (χ1n) is 4.40. The second-order valence-corrected chi connectivity index (χ2v) is 4.26. The van der Waals surface area contributed by atoms with E-state index >= 15 is 0 Å². The lowest BCUT2D eigenvalue weighted by molar-refractivity contribution is 1.43. The second-order valence-electron chi connectivity index (χ2n) is 3.05. The molecule has 1 rings (SSSR count). The van der Waals surface area contributed by atoms with Gasteiger partial charge in [-0.25, -0.2) is 0 Å². The second kappa shape index (κ2) is 4.96. The fraction of sp³-hybridized carbons (Fsp3) is 0.273. The molecule has 0 unspecified atom stereocenters. The lowest BCUT2D eigenvalue weighted by Gasteiger charge is -2.04. The van der Waals surface area contributed by atoms with Crippen LogP contribution in [-0.2, 0) is 0 Å². The molecule has 3 heteroatoms. The summed E-state index contributed by atoms with van der Waals surface area (Å²) in [7, 11) is 1.76. The summed E-state index contributed by atoms with van der Waals surface area (Å²) < 4.78 is 0. The number of aryl methyl sites for hydroxylation is 1. The molecule has 0 saturated carbocycles. The molecule has 0 fully saturated rings. The van der Waals surface area contributed by atoms with Gasteiger partial charge in [-0.2, -0.15) is 0 Å². The summed E-state index contributed by atoms with van der Waals surface area (Å²) in [5.74, 6) is 0. The molecule has 0 aliphatic heterocycles. The van der Waals surface area contributed by atoms with Crippen LogP contribution in [0.2, 0.25) is 0 Å². The Bertz CT molecular complexity index is 352. The lowest BCUT2D eigenvalue weighted by atomic mass is 10.2. The summed E-state index contributed by atoms with van der Waals surface area (Å²) in [4.78, 5) is 4.17. The van der Waals surface area contributed by atoms with Crippen molar-refractivity contribution in [2.45, 2.75) is 13.8 Å². The molecule has 0 saturated heterocycles. The summed E-state index contributed by atoms with van der Waals surface area (Å²) >= 11 is 1.39. The van der Waals surface area contributed by atoms with Crippen LogP contribution in [0.25, 0.3) is 0 Å². The minimum absolute atomic E-state index is 0.561. The molecule has 1 aromatic carbocycles. The Kier molecular flexibility index (Phi) is 3.89. The number of nitrogens with one attached hydrogen (secondary N) is 1. The van der Waals surface area contributed by atoms with Crippen molar-refractivity contribution in [3.05, 3.63) is 35.4 Å². The first kappa shape index (κ1) is 11.0. The van der Waals surface area contributed by atoms with Gasteiger partial charge >= 0.3 is 0 Å². The fourth-order valence-corrected chi connectivity index (χ4v) is 1.71. The highest BCUT2D eigenvalue weighted by Gasteiger charge is 2.03. The molecule has 0 bridgehead atoms. The maximum atomic E-state index is 7.40. The van der Waals surface area contributed by atoms with Crippen LogP contribution < -0.4 is 0 Å². The van der Waals surface area contributed by atoms with Crippen LogP contribution >= 0.6 is 11.8 Å². The first-order chi connectivity index (χ1) is 6.63. The monoisotopic (exact) mass is 206 g/mol. The number of benzene rings is 1. The molecule has 0 aliphatic carbocycles. The minimum Gasteiger partial charge on any atom is -0.298 e. The summed E-state index contributed by atoms with van der Waals surface area (Å²) in [5.41, 5.74) is 2.32. The van der Waals surface area contributed by atoms with Crippen LogP contribution in [0.3, 0.4) is 0 Å². The third-order valence-electron chi connectivity index (χ3n) is 1.75. The average Bonchev–Trinajstić information content (AvgIpc) is 2.15. The SMILES string of the molecule is CN=C(SC(C)=N)c1ccc(C)cc1. The Morgan fingerprint density at radius 3 is 2.29 bits per heavy atom. The van der Waals surface area contributed by atoms with Crippen molar-refractivity contribution < 1.29 is 0 Å². The molecular weight excluding hydrogens is 192 g/mol. The van der Waals surface area contributed by atoms with Crippen LogP contribution in [-0.4, -0.2) is 17.1 Å². The molecule has 0 atom stereocenters. The van der Waals surface area contributed by atoms with E-state index in [1.807, 2.05) is 12.1 Å². The Balaban J connectivity index is 2.91. The van der Waals surface area contributed by atoms with Crippen molar-refractivity contribution in [1.29, 1.82) is 5.41 Å². The molecule has 0 heterocycles. The van der Waals surface area contributed by atoms with Crippen molar-refractivity contribution in [3.8, 4) is 0 Å². The normalized spacial score (nSPS) is 11.5. The first-order valence-corrected chi connectivity index (χ1v) is 5.22. The maximum absolute atomic E-state index is 7.40. The Hall–Kier alpha value is -1.09. The number of hydrogen-bond acceptors (Lipinski definition) is 3. The average molecular weight is 206 g/mol. The molecule has 0 aliphatic rings. The molecule has 0 radical (unpaired) electrons. The number of nitrogens with zero attached hydrogens (tertiary/aromatic N) is 1. The van der Waals surface area contributed by atoms with Gasteiger partial charge in [-0.1, -0.05) is 41.6 Å². The smallest absolute Gasteiger partial charge is 0.103 e. The van der Waals surface area contributed by atoms with Crippen LogP contribution in [0.4, 0.5) is 0 Å². The largest absolute Gasteiger partial charge is 0.298 e. The Morgan fingerprint density at radius 2 is 1.86 bits per heavy atom. The lowest BCUT2D eigenvalue weighted by Crippen LogP contribution is -1.98. The van der Waals surface area contributed by atoms with E-state index in [-0.39, 0.29) is 0 Å². The van der Waals surface area contributed by atoms with E-state index in [2.05, 4.69) is 24.0 Å². The molecule has 1 aromatic rings. The van der Waals surface area contributed by atoms with Crippen LogP contribution in [0.5, 0.6) is 0 Å². The van der Waals surface area contributed by atoms with Gasteiger partial charge in [0, 0.05) is 12.6 Å². The highest BCUT2D eigenvalue weighted by molar-refractivity contribution is 8.26. The van der Waals surface area contributed by atoms with Gasteiger partial charge in [0.2, 0.25) is 0 Å². The van der Waals surface area contributed by atoms with Crippen molar-refractivity contribution in [2.75, 3.05) is 7.05 Å². The third kappa shape index (κ3) is 3.00. The predicted octanol–water partition coefficient (Wildman–Crippen LogP) is 3.10. The van der Waals surface area contributed by atoms with E-state index in [9.17, 15) is 0 Å². The van der Waals surface area contributed by atoms with Crippen molar-refractivity contribution >= 4 is 21.8 Å². The summed E-state index contributed by atoms with van der Waals surface area (Å²) in [6.07, 6.45) is 0. The highest BCUT2D eigenvalue weighted by atomic mass is 32.2. The zero-order valence-corrected chi connectivity index (χ0v) is 9.48. The Labute approximate surface area is 89.0 Å². The Morgan fingerprint density at radius 1 is 1.29 bits per heavy atom. The van der Waals surface area contributed by atoms with E-state index in [4.69, 9.17) is 5.41 Å². The fourth-order valence-electron chi connectivity index (χ4n) is 1.07. The molecule has 14 heavy (non-hydrogen) atoms. The van der Waals surface area contributed by atoms with E-state index in [0.29, 0.717) is 5.04 Å². The standard InChI is InChI=1S/C11H14N2S/c1-8-4-6-10(7-5-8)11(13-3)14-9(2)12/h4-7,12H,1-3H3. The molecule has 2 nitrogen and oxygen atoms in total. The summed E-state index contributed by atoms with van der Waals surface area (Å²) in [5, 5.41) is 8.86. The number of aliphatic imine (C=N–C) groups is 1. The van der Waals surface area contributed by atoms with E-state index in [0.717, 1.165) is 10.6 Å². The van der Waals surface area contributed by atoms with Crippen LogP contribution in [0.15, 0.2) is 29.3 Å². The van der Waals surface area contributed by atoms with Crippen molar-refractivity contribution in [3.63, 3.8) is 0 Å². The number of rotatable bonds is 1. The molecule has 74 valence electrons. The number of thioether (sulfide) groups is 1. The maximum Gasteiger partial charge on any atom is 0.103 e. The van der Waals surface area contributed by atoms with Crippen molar-refractivity contribution in [1.82, 2.24) is 0 Å². The molecule has 0 aromatic heterocycles. The van der Waals surface area contributed by atoms with Crippen LogP contribution in [0, 0.1) is 12.3 Å². The van der Waals surface area contributed by atoms with Gasteiger partial charge in [0.1, 0.15) is 5.04 Å². The van der Waals surface area contributed by atoms with Gasteiger partial charge < -0.3 is 0 Å². The molecule has 0 amide bonds. The van der Waals surface area contributed by atoms with E-state index in [1.165, 1.54) is 17.3 Å². The molecule has 1 N–H and O–H groups in total. The minimum atomic E-state index is 0.561. The van der Waals surface area contributed by atoms with Gasteiger partial charge in [-0.15, -0.1) is 0 Å². The zero-order valence-electron chi connectivity index (χ0n) is 8.66. The van der Waals surface area contributed by atoms with E-state index in [1.54, 1.807) is 14.0 Å². The summed E-state index contributed by atoms with van der Waals surface area (Å²) in [6, 6.07) is 8.18. The summed E-state index contributed by atoms with van der Waals surface area (Å²) in [6.45, 7) is 3.82. The van der Waals surface area contributed by atoms with Crippen LogP contribution in [0.1, 0.15) is 18.1 Å².